The highest BCUT2D eigenvalue weighted by molar-refractivity contribution is 5.98. The Morgan fingerprint density at radius 3 is 2.76 bits per heavy atom. The van der Waals surface area contributed by atoms with Gasteiger partial charge >= 0.3 is 0 Å². The van der Waals surface area contributed by atoms with E-state index in [9.17, 15) is 4.79 Å². The molecular weight excluding hydrogens is 320 g/mol. The van der Waals surface area contributed by atoms with Crippen LogP contribution in [0.4, 0.5) is 0 Å². The van der Waals surface area contributed by atoms with Crippen LogP contribution in [0.15, 0.2) is 48.5 Å². The molecule has 1 aromatic heterocycles. The van der Waals surface area contributed by atoms with Crippen molar-refractivity contribution in [2.75, 3.05) is 6.79 Å². The fourth-order valence-electron chi connectivity index (χ4n) is 2.75. The molecule has 2 aromatic carbocycles. The van der Waals surface area contributed by atoms with Gasteiger partial charge in [0.15, 0.2) is 17.3 Å². The molecule has 3 aromatic rings. The highest BCUT2D eigenvalue weighted by Crippen LogP contribution is 2.35. The third kappa shape index (κ3) is 2.91. The number of fused-ring (bicyclic) bond motifs is 1. The summed E-state index contributed by atoms with van der Waals surface area (Å²) in [5, 5.41) is 10.0. The maximum Gasteiger partial charge on any atom is 0.256 e. The summed E-state index contributed by atoms with van der Waals surface area (Å²) in [5.74, 6) is 1.93. The predicted molar refractivity (Wildman–Crippen MR) is 89.4 cm³/mol. The van der Waals surface area contributed by atoms with Gasteiger partial charge in [-0.15, -0.1) is 0 Å². The zero-order valence-electron chi connectivity index (χ0n) is 13.5. The van der Waals surface area contributed by atoms with Crippen LogP contribution in [0, 0.1) is 6.92 Å². The third-order valence-electron chi connectivity index (χ3n) is 3.92. The van der Waals surface area contributed by atoms with Crippen molar-refractivity contribution in [3.05, 3.63) is 71.3 Å². The van der Waals surface area contributed by atoms with Crippen molar-refractivity contribution >= 4 is 5.91 Å². The van der Waals surface area contributed by atoms with E-state index < -0.39 is 6.04 Å². The van der Waals surface area contributed by atoms with Crippen LogP contribution < -0.4 is 14.8 Å². The number of amides is 1. The van der Waals surface area contributed by atoms with E-state index in [1.807, 2.05) is 37.3 Å². The van der Waals surface area contributed by atoms with Gasteiger partial charge in [-0.05, 0) is 24.6 Å². The van der Waals surface area contributed by atoms with Gasteiger partial charge in [0, 0.05) is 0 Å². The fraction of sp³-hybridized carbons (Fsp3) is 0.167. The summed E-state index contributed by atoms with van der Waals surface area (Å²) in [7, 11) is 0. The Bertz CT molecular complexity index is 908. The molecule has 0 radical (unpaired) electrons. The number of rotatable bonds is 4. The van der Waals surface area contributed by atoms with Crippen LogP contribution in [-0.4, -0.2) is 27.9 Å². The monoisotopic (exact) mass is 336 g/mol. The van der Waals surface area contributed by atoms with E-state index in [1.54, 1.807) is 18.2 Å². The number of carbonyl (C=O) groups excluding carboxylic acids is 1. The van der Waals surface area contributed by atoms with Gasteiger partial charge in [0.05, 0.1) is 5.56 Å². The molecule has 1 aliphatic rings. The van der Waals surface area contributed by atoms with E-state index in [0.29, 0.717) is 28.7 Å². The first kappa shape index (κ1) is 15.2. The number of benzene rings is 2. The summed E-state index contributed by atoms with van der Waals surface area (Å²) >= 11 is 0. The molecule has 0 spiro atoms. The van der Waals surface area contributed by atoms with Crippen LogP contribution in [0.5, 0.6) is 11.5 Å². The molecule has 7 heteroatoms. The van der Waals surface area contributed by atoms with Crippen molar-refractivity contribution in [2.45, 2.75) is 13.0 Å². The number of aromatic amines is 1. The number of aromatic nitrogens is 3. The van der Waals surface area contributed by atoms with Gasteiger partial charge in [-0.25, -0.2) is 4.98 Å². The molecule has 126 valence electrons. The molecule has 1 atom stereocenters. The SMILES string of the molecule is Cc1nc(C(NC(=O)c2cccc3c2OCO3)c2ccccc2)n[nH]1. The van der Waals surface area contributed by atoms with Crippen LogP contribution >= 0.6 is 0 Å². The molecule has 1 amide bonds. The van der Waals surface area contributed by atoms with Crippen molar-refractivity contribution in [2.24, 2.45) is 0 Å². The van der Waals surface area contributed by atoms with Gasteiger partial charge in [-0.3, -0.25) is 9.89 Å². The number of ether oxygens (including phenoxy) is 2. The quantitative estimate of drug-likeness (QED) is 0.763. The van der Waals surface area contributed by atoms with E-state index in [0.717, 1.165) is 5.56 Å². The van der Waals surface area contributed by atoms with E-state index in [1.165, 1.54) is 0 Å². The average molecular weight is 336 g/mol. The normalized spacial score (nSPS) is 13.5. The Balaban J connectivity index is 1.67. The summed E-state index contributed by atoms with van der Waals surface area (Å²) < 4.78 is 10.8. The Labute approximate surface area is 144 Å². The molecule has 0 bridgehead atoms. The minimum atomic E-state index is -0.475. The topological polar surface area (TPSA) is 89.1 Å². The van der Waals surface area contributed by atoms with Crippen LogP contribution in [0.25, 0.3) is 0 Å². The van der Waals surface area contributed by atoms with Gasteiger partial charge in [0.2, 0.25) is 6.79 Å². The van der Waals surface area contributed by atoms with E-state index in [4.69, 9.17) is 9.47 Å². The maximum atomic E-state index is 12.9. The summed E-state index contributed by atoms with van der Waals surface area (Å²) in [6, 6.07) is 14.3. The number of carbonyl (C=O) groups is 1. The first-order chi connectivity index (χ1) is 12.2. The molecule has 0 aliphatic carbocycles. The molecular formula is C18H16N4O3. The lowest BCUT2D eigenvalue weighted by Gasteiger charge is -2.17. The number of para-hydroxylation sites is 1. The third-order valence-corrected chi connectivity index (χ3v) is 3.92. The van der Waals surface area contributed by atoms with Gasteiger partial charge in [0.1, 0.15) is 11.9 Å². The van der Waals surface area contributed by atoms with E-state index in [2.05, 4.69) is 20.5 Å². The summed E-state index contributed by atoms with van der Waals surface area (Å²) in [6.07, 6.45) is 0. The van der Waals surface area contributed by atoms with Gasteiger partial charge in [0.25, 0.3) is 5.91 Å². The van der Waals surface area contributed by atoms with Crippen molar-refractivity contribution in [1.29, 1.82) is 0 Å². The minimum Gasteiger partial charge on any atom is -0.454 e. The molecule has 2 heterocycles. The molecule has 1 unspecified atom stereocenters. The molecule has 0 fully saturated rings. The molecule has 0 saturated carbocycles. The van der Waals surface area contributed by atoms with Crippen LogP contribution in [-0.2, 0) is 0 Å². The number of H-pyrrole nitrogens is 1. The van der Waals surface area contributed by atoms with Crippen molar-refractivity contribution in [1.82, 2.24) is 20.5 Å². The molecule has 1 aliphatic heterocycles. The lowest BCUT2D eigenvalue weighted by molar-refractivity contribution is 0.0937. The Morgan fingerprint density at radius 2 is 2.00 bits per heavy atom. The lowest BCUT2D eigenvalue weighted by atomic mass is 10.1. The summed E-state index contributed by atoms with van der Waals surface area (Å²) in [6.45, 7) is 1.93. The minimum absolute atomic E-state index is 0.113. The molecule has 2 N–H and O–H groups in total. The first-order valence-corrected chi connectivity index (χ1v) is 7.85. The Morgan fingerprint density at radius 1 is 1.16 bits per heavy atom. The summed E-state index contributed by atoms with van der Waals surface area (Å²) in [4.78, 5) is 17.2. The number of aryl methyl sites for hydroxylation is 1. The van der Waals surface area contributed by atoms with Crippen molar-refractivity contribution in [3.63, 3.8) is 0 Å². The van der Waals surface area contributed by atoms with Gasteiger partial charge < -0.3 is 14.8 Å². The fourth-order valence-corrected chi connectivity index (χ4v) is 2.75. The second kappa shape index (κ2) is 6.27. The number of nitrogens with zero attached hydrogens (tertiary/aromatic N) is 2. The Kier molecular flexibility index (Phi) is 3.81. The second-order valence-corrected chi connectivity index (χ2v) is 5.64. The zero-order valence-corrected chi connectivity index (χ0v) is 13.5. The average Bonchev–Trinajstić information content (AvgIpc) is 3.28. The lowest BCUT2D eigenvalue weighted by Crippen LogP contribution is -2.30. The number of hydrogen-bond donors (Lipinski definition) is 2. The van der Waals surface area contributed by atoms with Crippen molar-refractivity contribution in [3.8, 4) is 11.5 Å². The molecule has 25 heavy (non-hydrogen) atoms. The largest absolute Gasteiger partial charge is 0.454 e. The second-order valence-electron chi connectivity index (χ2n) is 5.64. The molecule has 7 nitrogen and oxygen atoms in total. The number of nitrogens with one attached hydrogen (secondary N) is 2. The first-order valence-electron chi connectivity index (χ1n) is 7.85. The highest BCUT2D eigenvalue weighted by Gasteiger charge is 2.26. The van der Waals surface area contributed by atoms with Gasteiger partial charge in [-0.2, -0.15) is 5.10 Å². The standard InChI is InChI=1S/C18H16N4O3/c1-11-19-17(22-21-11)15(12-6-3-2-4-7-12)20-18(23)13-8-5-9-14-16(13)25-10-24-14/h2-9,15H,10H2,1H3,(H,20,23)(H,19,21,22). The highest BCUT2D eigenvalue weighted by atomic mass is 16.7. The predicted octanol–water partition coefficient (Wildman–Crippen LogP) is 2.36. The molecule has 4 rings (SSSR count). The number of hydrogen-bond acceptors (Lipinski definition) is 5. The Hall–Kier alpha value is -3.35. The summed E-state index contributed by atoms with van der Waals surface area (Å²) in [5.41, 5.74) is 1.31. The van der Waals surface area contributed by atoms with E-state index in [-0.39, 0.29) is 12.7 Å². The molecule has 0 saturated heterocycles. The maximum absolute atomic E-state index is 12.9. The van der Waals surface area contributed by atoms with E-state index >= 15 is 0 Å². The van der Waals surface area contributed by atoms with Crippen LogP contribution in [0.2, 0.25) is 0 Å². The smallest absolute Gasteiger partial charge is 0.256 e. The van der Waals surface area contributed by atoms with Gasteiger partial charge in [-0.1, -0.05) is 36.4 Å². The van der Waals surface area contributed by atoms with Crippen molar-refractivity contribution < 1.29 is 14.3 Å². The van der Waals surface area contributed by atoms with Crippen LogP contribution in [0.1, 0.15) is 33.6 Å². The van der Waals surface area contributed by atoms with Crippen LogP contribution in [0.3, 0.4) is 0 Å². The zero-order chi connectivity index (χ0) is 17.2.